The first-order chi connectivity index (χ1) is 17.5. The van der Waals surface area contributed by atoms with Gasteiger partial charge in [0.1, 0.15) is 11.7 Å². The summed E-state index contributed by atoms with van der Waals surface area (Å²) in [5.41, 5.74) is 1.54. The van der Waals surface area contributed by atoms with Crippen molar-refractivity contribution in [1.82, 2.24) is 20.2 Å². The van der Waals surface area contributed by atoms with Gasteiger partial charge >= 0.3 is 0 Å². The molecule has 0 radical (unpaired) electrons. The Morgan fingerprint density at radius 3 is 3.06 bits per heavy atom. The van der Waals surface area contributed by atoms with Gasteiger partial charge in [-0.15, -0.1) is 0 Å². The number of carbonyl (C=O) groups excluding carboxylic acids is 1. The molecule has 5 aliphatic rings. The Hall–Kier alpha value is -3.36. The molecule has 2 bridgehead atoms. The zero-order chi connectivity index (χ0) is 24.2. The molecule has 1 spiro atoms. The van der Waals surface area contributed by atoms with Crippen LogP contribution in [0.2, 0.25) is 0 Å². The largest absolute Gasteiger partial charge is 0.504 e. The highest BCUT2D eigenvalue weighted by Crippen LogP contribution is 2.64. The number of phenolic OH excluding ortho intramolecular Hbond substituents is 1. The number of aliphatic hydroxyl groups is 1. The Morgan fingerprint density at radius 1 is 1.31 bits per heavy atom. The highest BCUT2D eigenvalue weighted by molar-refractivity contribution is 6.06. The quantitative estimate of drug-likeness (QED) is 0.424. The molecule has 5 atom stereocenters. The highest BCUT2D eigenvalue weighted by Gasteiger charge is 2.72. The van der Waals surface area contributed by atoms with E-state index in [0.717, 1.165) is 41.0 Å². The van der Waals surface area contributed by atoms with Crippen molar-refractivity contribution >= 4 is 16.8 Å². The number of piperidine rings is 1. The second-order valence-corrected chi connectivity index (χ2v) is 11.2. The number of carbonyl (C=O) groups is 1. The van der Waals surface area contributed by atoms with Gasteiger partial charge in [0.05, 0.1) is 28.7 Å². The first-order valence-electron chi connectivity index (χ1n) is 12.9. The number of nitrogens with one attached hydrogen (secondary N) is 2. The fraction of sp³-hybridized carbons (Fsp3) is 0.429. The minimum absolute atomic E-state index is 0.0602. The van der Waals surface area contributed by atoms with Crippen LogP contribution in [0.15, 0.2) is 48.9 Å². The molecule has 8 rings (SSSR count). The van der Waals surface area contributed by atoms with E-state index >= 15 is 0 Å². The number of amides is 1. The van der Waals surface area contributed by atoms with E-state index in [4.69, 9.17) is 4.74 Å². The summed E-state index contributed by atoms with van der Waals surface area (Å²) in [6, 6.07) is 4.99. The highest BCUT2D eigenvalue weighted by atomic mass is 16.5. The van der Waals surface area contributed by atoms with Crippen molar-refractivity contribution < 1.29 is 19.7 Å². The molecule has 1 saturated carbocycles. The molecule has 4 N–H and O–H groups in total. The molecular formula is C28H28N4O4. The predicted octanol–water partition coefficient (Wildman–Crippen LogP) is 2.41. The van der Waals surface area contributed by atoms with Crippen LogP contribution in [0.4, 0.5) is 0 Å². The van der Waals surface area contributed by atoms with Gasteiger partial charge in [-0.05, 0) is 55.8 Å². The molecule has 4 heterocycles. The van der Waals surface area contributed by atoms with Gasteiger partial charge in [0.15, 0.2) is 11.5 Å². The summed E-state index contributed by atoms with van der Waals surface area (Å²) in [5, 5.41) is 27.2. The van der Waals surface area contributed by atoms with Gasteiger partial charge in [0.25, 0.3) is 5.91 Å². The minimum Gasteiger partial charge on any atom is -0.504 e. The summed E-state index contributed by atoms with van der Waals surface area (Å²) in [6.45, 7) is 1.88. The zero-order valence-electron chi connectivity index (χ0n) is 19.8. The van der Waals surface area contributed by atoms with Gasteiger partial charge in [-0.2, -0.15) is 0 Å². The summed E-state index contributed by atoms with van der Waals surface area (Å²) in [5.74, 6) is 1.06. The van der Waals surface area contributed by atoms with Gasteiger partial charge in [-0.3, -0.25) is 14.7 Å². The van der Waals surface area contributed by atoms with Crippen molar-refractivity contribution in [3.8, 4) is 11.5 Å². The summed E-state index contributed by atoms with van der Waals surface area (Å²) in [7, 11) is 0. The van der Waals surface area contributed by atoms with Crippen LogP contribution >= 0.6 is 0 Å². The van der Waals surface area contributed by atoms with Crippen LogP contribution < -0.4 is 10.1 Å². The topological polar surface area (TPSA) is 111 Å². The van der Waals surface area contributed by atoms with E-state index in [2.05, 4.69) is 20.2 Å². The molecule has 36 heavy (non-hydrogen) atoms. The molecule has 1 saturated heterocycles. The Labute approximate surface area is 208 Å². The number of ether oxygens (including phenoxy) is 1. The van der Waals surface area contributed by atoms with Crippen molar-refractivity contribution in [2.24, 2.45) is 5.92 Å². The lowest BCUT2D eigenvalue weighted by Gasteiger charge is -2.62. The molecule has 8 heteroatoms. The van der Waals surface area contributed by atoms with Crippen molar-refractivity contribution in [2.75, 3.05) is 13.1 Å². The Morgan fingerprint density at radius 2 is 2.19 bits per heavy atom. The van der Waals surface area contributed by atoms with E-state index in [1.54, 1.807) is 24.7 Å². The third kappa shape index (κ3) is 2.51. The van der Waals surface area contributed by atoms with Crippen molar-refractivity contribution in [3.63, 3.8) is 0 Å². The molecule has 2 aromatic heterocycles. The summed E-state index contributed by atoms with van der Waals surface area (Å²) < 4.78 is 6.51. The van der Waals surface area contributed by atoms with Crippen molar-refractivity contribution in [3.05, 3.63) is 65.6 Å². The SMILES string of the molecule is O=C(N[C@H]1C=C[C@@]2(O)[C@H]3Cc4ccc(O)c5c4[C@@]2(CCN3CC2CC2)[C@H]1O5)c1c[nH]c2cnccc12. The smallest absolute Gasteiger partial charge is 0.254 e. The number of aromatic hydroxyl groups is 1. The van der Waals surface area contributed by atoms with E-state index in [1.807, 2.05) is 24.3 Å². The fourth-order valence-electron chi connectivity index (χ4n) is 7.56. The summed E-state index contributed by atoms with van der Waals surface area (Å²) in [6.07, 6.45) is 12.3. The van der Waals surface area contributed by atoms with Crippen LogP contribution in [0.3, 0.4) is 0 Å². The van der Waals surface area contributed by atoms with Gasteiger partial charge in [-0.1, -0.05) is 18.2 Å². The number of rotatable bonds is 4. The molecule has 184 valence electrons. The van der Waals surface area contributed by atoms with Crippen LogP contribution in [0.1, 0.15) is 40.7 Å². The fourth-order valence-corrected chi connectivity index (χ4v) is 7.56. The monoisotopic (exact) mass is 484 g/mol. The lowest BCUT2D eigenvalue weighted by atomic mass is 9.50. The lowest BCUT2D eigenvalue weighted by Crippen LogP contribution is -2.76. The number of phenols is 1. The number of nitrogens with zero attached hydrogens (tertiary/aromatic N) is 2. The van der Waals surface area contributed by atoms with E-state index in [-0.39, 0.29) is 17.7 Å². The number of aromatic nitrogens is 2. The van der Waals surface area contributed by atoms with E-state index in [1.165, 1.54) is 12.8 Å². The molecule has 2 fully saturated rings. The maximum Gasteiger partial charge on any atom is 0.254 e. The first kappa shape index (κ1) is 20.8. The van der Waals surface area contributed by atoms with Crippen LogP contribution in [0.25, 0.3) is 10.9 Å². The molecular weight excluding hydrogens is 456 g/mol. The predicted molar refractivity (Wildman–Crippen MR) is 132 cm³/mol. The number of hydrogen-bond donors (Lipinski definition) is 4. The maximum atomic E-state index is 13.4. The number of likely N-dealkylation sites (tertiary alicyclic amines) is 1. The van der Waals surface area contributed by atoms with Crippen molar-refractivity contribution in [1.29, 1.82) is 0 Å². The Balaban J connectivity index is 1.22. The normalized spacial score (nSPS) is 33.9. The Bertz CT molecular complexity index is 1460. The van der Waals surface area contributed by atoms with E-state index in [0.29, 0.717) is 24.2 Å². The number of aromatic amines is 1. The zero-order valence-corrected chi connectivity index (χ0v) is 19.8. The number of benzene rings is 1. The summed E-state index contributed by atoms with van der Waals surface area (Å²) >= 11 is 0. The van der Waals surface area contributed by atoms with Crippen LogP contribution in [-0.2, 0) is 11.8 Å². The van der Waals surface area contributed by atoms with Gasteiger partial charge in [0, 0.05) is 35.9 Å². The Kier molecular flexibility index (Phi) is 3.98. The van der Waals surface area contributed by atoms with Crippen LogP contribution in [0.5, 0.6) is 11.5 Å². The average molecular weight is 485 g/mol. The minimum atomic E-state index is -1.13. The number of pyridine rings is 1. The van der Waals surface area contributed by atoms with E-state index in [9.17, 15) is 15.0 Å². The van der Waals surface area contributed by atoms with Gasteiger partial charge in [0.2, 0.25) is 0 Å². The van der Waals surface area contributed by atoms with Gasteiger partial charge < -0.3 is 25.3 Å². The first-order valence-corrected chi connectivity index (χ1v) is 12.9. The lowest BCUT2D eigenvalue weighted by molar-refractivity contribution is -0.144. The molecule has 3 aromatic rings. The number of fused-ring (bicyclic) bond motifs is 1. The average Bonchev–Trinajstić information content (AvgIpc) is 3.46. The molecule has 1 aromatic carbocycles. The van der Waals surface area contributed by atoms with Crippen LogP contribution in [-0.4, -0.2) is 67.9 Å². The molecule has 0 unspecified atom stereocenters. The van der Waals surface area contributed by atoms with Gasteiger partial charge in [-0.25, -0.2) is 0 Å². The second-order valence-electron chi connectivity index (χ2n) is 11.2. The molecule has 8 nitrogen and oxygen atoms in total. The maximum absolute atomic E-state index is 13.4. The molecule has 2 aliphatic heterocycles. The van der Waals surface area contributed by atoms with Crippen LogP contribution in [0, 0.1) is 5.92 Å². The van der Waals surface area contributed by atoms with Crippen molar-refractivity contribution in [2.45, 2.75) is 54.9 Å². The molecule has 3 aliphatic carbocycles. The number of H-pyrrole nitrogens is 1. The third-order valence-corrected chi connectivity index (χ3v) is 9.37. The third-order valence-electron chi connectivity index (χ3n) is 9.37. The standard InChI is InChI=1S/C28H28N4O4/c33-21-4-3-16-11-22-28(35)7-5-19(31-26(34)18-12-30-20-13-29-9-6-17(18)20)25-27(28,23(16)24(21)36-25)8-10-32(22)14-15-1-2-15/h3-7,9,12-13,15,19,22,25,30,33,35H,1-2,8,10-11,14H2,(H,31,34)/t19-,22+,25-,27-,28+/m0/s1. The summed E-state index contributed by atoms with van der Waals surface area (Å²) in [4.78, 5) is 23.1. The van der Waals surface area contributed by atoms with E-state index < -0.39 is 23.2 Å². The number of hydrogen-bond acceptors (Lipinski definition) is 6. The second kappa shape index (κ2) is 6.89. The molecule has 1 amide bonds.